The molecule has 21 heavy (non-hydrogen) atoms. The van der Waals surface area contributed by atoms with Crippen molar-refractivity contribution in [2.45, 2.75) is 58.7 Å². The number of aryl methyl sites for hydroxylation is 1. The van der Waals surface area contributed by atoms with Gasteiger partial charge in [-0.25, -0.2) is 0 Å². The molecule has 5 heteroatoms. The van der Waals surface area contributed by atoms with Crippen molar-refractivity contribution in [3.05, 3.63) is 29.6 Å². The summed E-state index contributed by atoms with van der Waals surface area (Å²) < 4.78 is 0. The molecule has 1 N–H and O–H groups in total. The Kier molecular flexibility index (Phi) is 4.94. The summed E-state index contributed by atoms with van der Waals surface area (Å²) in [6.45, 7) is 6.38. The highest BCUT2D eigenvalue weighted by Gasteiger charge is 2.33. The molecule has 0 spiro atoms. The van der Waals surface area contributed by atoms with Crippen LogP contribution in [0.3, 0.4) is 0 Å². The first-order chi connectivity index (χ1) is 10.0. The van der Waals surface area contributed by atoms with Gasteiger partial charge in [-0.2, -0.15) is 0 Å². The Labute approximate surface area is 125 Å². The zero-order chi connectivity index (χ0) is 15.4. The van der Waals surface area contributed by atoms with Crippen LogP contribution in [0.25, 0.3) is 0 Å². The summed E-state index contributed by atoms with van der Waals surface area (Å²) >= 11 is 0. The van der Waals surface area contributed by atoms with Gasteiger partial charge in [0.2, 0.25) is 11.8 Å². The number of rotatable bonds is 4. The summed E-state index contributed by atoms with van der Waals surface area (Å²) in [4.78, 5) is 30.7. The van der Waals surface area contributed by atoms with Crippen molar-refractivity contribution >= 4 is 11.8 Å². The molecule has 2 rings (SSSR count). The summed E-state index contributed by atoms with van der Waals surface area (Å²) in [7, 11) is 0. The Hall–Kier alpha value is -1.91. The van der Waals surface area contributed by atoms with E-state index in [1.54, 1.807) is 11.1 Å². The molecule has 114 valence electrons. The average Bonchev–Trinajstić information content (AvgIpc) is 2.53. The number of amides is 2. The average molecular weight is 289 g/mol. The summed E-state index contributed by atoms with van der Waals surface area (Å²) in [5.41, 5.74) is 1.95. The molecule has 1 saturated heterocycles. The minimum absolute atomic E-state index is 0.000234. The van der Waals surface area contributed by atoms with Crippen LogP contribution in [0, 0.1) is 6.92 Å². The monoisotopic (exact) mass is 289 g/mol. The highest BCUT2D eigenvalue weighted by molar-refractivity contribution is 5.90. The van der Waals surface area contributed by atoms with Crippen LogP contribution >= 0.6 is 0 Å². The van der Waals surface area contributed by atoms with Crippen molar-refractivity contribution in [2.24, 2.45) is 0 Å². The van der Waals surface area contributed by atoms with Crippen LogP contribution < -0.4 is 5.32 Å². The maximum absolute atomic E-state index is 12.7. The molecule has 2 atom stereocenters. The molecule has 0 saturated carbocycles. The summed E-state index contributed by atoms with van der Waals surface area (Å²) in [6, 6.07) is 3.36. The van der Waals surface area contributed by atoms with Gasteiger partial charge in [-0.1, -0.05) is 19.4 Å². The molecule has 0 aliphatic carbocycles. The molecule has 1 aromatic heterocycles. The normalized spacial score (nSPS) is 22.9. The number of nitrogens with zero attached hydrogens (tertiary/aromatic N) is 2. The molecular formula is C16H23N3O2. The van der Waals surface area contributed by atoms with Crippen LogP contribution in [-0.4, -0.2) is 33.8 Å². The van der Waals surface area contributed by atoms with Gasteiger partial charge in [-0.3, -0.25) is 14.6 Å². The lowest BCUT2D eigenvalue weighted by Gasteiger charge is -2.28. The number of hydrogen-bond acceptors (Lipinski definition) is 3. The molecule has 1 fully saturated rings. The molecule has 2 unspecified atom stereocenters. The molecular weight excluding hydrogens is 266 g/mol. The molecule has 1 aliphatic heterocycles. The Balaban J connectivity index is 2.24. The molecule has 2 heterocycles. The molecule has 2 amide bonds. The Morgan fingerprint density at radius 3 is 2.86 bits per heavy atom. The maximum atomic E-state index is 12.7. The lowest BCUT2D eigenvalue weighted by Crippen LogP contribution is -2.46. The predicted octanol–water partition coefficient (Wildman–Crippen LogP) is 1.80. The van der Waals surface area contributed by atoms with E-state index in [1.807, 2.05) is 32.9 Å². The lowest BCUT2D eigenvalue weighted by molar-refractivity contribution is -0.135. The smallest absolute Gasteiger partial charge is 0.245 e. The van der Waals surface area contributed by atoms with E-state index in [0.717, 1.165) is 17.7 Å². The van der Waals surface area contributed by atoms with Gasteiger partial charge in [0.1, 0.15) is 6.04 Å². The molecule has 1 aromatic rings. The number of nitrogens with one attached hydrogen (secondary N) is 1. The first kappa shape index (κ1) is 15.5. The fourth-order valence-electron chi connectivity index (χ4n) is 2.67. The van der Waals surface area contributed by atoms with Crippen molar-refractivity contribution in [1.29, 1.82) is 0 Å². The third-order valence-corrected chi connectivity index (χ3v) is 3.94. The third kappa shape index (κ3) is 3.60. The second-order valence-electron chi connectivity index (χ2n) is 5.70. The van der Waals surface area contributed by atoms with Crippen LogP contribution in [0.4, 0.5) is 0 Å². The quantitative estimate of drug-likeness (QED) is 0.919. The van der Waals surface area contributed by atoms with E-state index in [4.69, 9.17) is 0 Å². The highest BCUT2D eigenvalue weighted by atomic mass is 16.2. The zero-order valence-corrected chi connectivity index (χ0v) is 12.9. The fraction of sp³-hybridized carbons (Fsp3) is 0.562. The summed E-state index contributed by atoms with van der Waals surface area (Å²) in [6.07, 6.45) is 3.62. The van der Waals surface area contributed by atoms with Crippen molar-refractivity contribution in [3.8, 4) is 0 Å². The van der Waals surface area contributed by atoms with E-state index in [1.165, 1.54) is 0 Å². The van der Waals surface area contributed by atoms with Gasteiger partial charge < -0.3 is 10.2 Å². The van der Waals surface area contributed by atoms with Crippen LogP contribution in [-0.2, 0) is 16.1 Å². The van der Waals surface area contributed by atoms with Crippen molar-refractivity contribution < 1.29 is 9.59 Å². The van der Waals surface area contributed by atoms with Crippen molar-refractivity contribution in [1.82, 2.24) is 15.2 Å². The second kappa shape index (κ2) is 6.70. The van der Waals surface area contributed by atoms with E-state index >= 15 is 0 Å². The van der Waals surface area contributed by atoms with Gasteiger partial charge in [0.05, 0.1) is 12.2 Å². The van der Waals surface area contributed by atoms with E-state index in [-0.39, 0.29) is 17.9 Å². The van der Waals surface area contributed by atoms with Gasteiger partial charge in [0.25, 0.3) is 0 Å². The van der Waals surface area contributed by atoms with Crippen molar-refractivity contribution in [2.75, 3.05) is 0 Å². The van der Waals surface area contributed by atoms with E-state index in [9.17, 15) is 9.59 Å². The summed E-state index contributed by atoms with van der Waals surface area (Å²) in [5.74, 6) is -0.0465. The van der Waals surface area contributed by atoms with Crippen LogP contribution in [0.1, 0.15) is 44.4 Å². The fourth-order valence-corrected chi connectivity index (χ4v) is 2.67. The van der Waals surface area contributed by atoms with Gasteiger partial charge in [-0.05, 0) is 31.9 Å². The van der Waals surface area contributed by atoms with Gasteiger partial charge in [-0.15, -0.1) is 0 Å². The van der Waals surface area contributed by atoms with Gasteiger partial charge in [0.15, 0.2) is 0 Å². The molecule has 0 bridgehead atoms. The van der Waals surface area contributed by atoms with Gasteiger partial charge in [0, 0.05) is 18.7 Å². The van der Waals surface area contributed by atoms with Crippen molar-refractivity contribution in [3.63, 3.8) is 0 Å². The topological polar surface area (TPSA) is 62.3 Å². The van der Waals surface area contributed by atoms with Gasteiger partial charge >= 0.3 is 0 Å². The standard InChI is InChI=1S/C16H23N3O2/c1-4-6-13-16(21)19(12(3)9-15(20)18-13)10-14-11(2)7-5-8-17-14/h5,7-8,12-13H,4,6,9-10H2,1-3H3,(H,18,20). The lowest BCUT2D eigenvalue weighted by atomic mass is 10.1. The van der Waals surface area contributed by atoms with Crippen LogP contribution in [0.15, 0.2) is 18.3 Å². The Morgan fingerprint density at radius 2 is 2.19 bits per heavy atom. The van der Waals surface area contributed by atoms with E-state index in [0.29, 0.717) is 19.4 Å². The minimum atomic E-state index is -0.406. The third-order valence-electron chi connectivity index (χ3n) is 3.94. The number of carbonyl (C=O) groups excluding carboxylic acids is 2. The van der Waals surface area contributed by atoms with E-state index < -0.39 is 6.04 Å². The maximum Gasteiger partial charge on any atom is 0.245 e. The first-order valence-corrected chi connectivity index (χ1v) is 7.53. The largest absolute Gasteiger partial charge is 0.344 e. The number of carbonyl (C=O) groups is 2. The SMILES string of the molecule is CCCC1NC(=O)CC(C)N(Cc2ncccc2C)C1=O. The first-order valence-electron chi connectivity index (χ1n) is 7.53. The molecule has 0 radical (unpaired) electrons. The van der Waals surface area contributed by atoms with Crippen LogP contribution in [0.2, 0.25) is 0 Å². The summed E-state index contributed by atoms with van der Waals surface area (Å²) in [5, 5.41) is 2.84. The molecule has 0 aromatic carbocycles. The number of hydrogen-bond donors (Lipinski definition) is 1. The Morgan fingerprint density at radius 1 is 1.43 bits per heavy atom. The second-order valence-corrected chi connectivity index (χ2v) is 5.70. The highest BCUT2D eigenvalue weighted by Crippen LogP contribution is 2.18. The zero-order valence-electron chi connectivity index (χ0n) is 12.9. The van der Waals surface area contributed by atoms with Crippen LogP contribution in [0.5, 0.6) is 0 Å². The number of aromatic nitrogens is 1. The predicted molar refractivity (Wildman–Crippen MR) is 80.4 cm³/mol. The molecule has 1 aliphatic rings. The van der Waals surface area contributed by atoms with E-state index in [2.05, 4.69) is 10.3 Å². The minimum Gasteiger partial charge on any atom is -0.344 e. The number of pyridine rings is 1. The Bertz CT molecular complexity index is 530. The molecule has 5 nitrogen and oxygen atoms in total.